The van der Waals surface area contributed by atoms with Gasteiger partial charge in [0.2, 0.25) is 0 Å². The van der Waals surface area contributed by atoms with Crippen molar-refractivity contribution < 1.29 is 9.47 Å². The molecule has 1 saturated carbocycles. The maximum atomic E-state index is 13.5. The van der Waals surface area contributed by atoms with Crippen LogP contribution in [0.2, 0.25) is 0 Å². The van der Waals surface area contributed by atoms with Crippen molar-refractivity contribution in [2.24, 2.45) is 5.92 Å². The number of hydrogen-bond acceptors (Lipinski definition) is 7. The van der Waals surface area contributed by atoms with Crippen molar-refractivity contribution in [3.8, 4) is 11.5 Å². The Kier molecular flexibility index (Phi) is 6.54. The van der Waals surface area contributed by atoms with Crippen molar-refractivity contribution in [2.75, 3.05) is 27.3 Å². The first-order valence-corrected chi connectivity index (χ1v) is 12.4. The Hall–Kier alpha value is -2.94. The first-order valence-electron chi connectivity index (χ1n) is 12.4. The lowest BCUT2D eigenvalue weighted by Crippen LogP contribution is -2.40. The smallest absolute Gasteiger partial charge is 0.253 e. The van der Waals surface area contributed by atoms with Crippen LogP contribution >= 0.6 is 0 Å². The molecule has 0 amide bonds. The summed E-state index contributed by atoms with van der Waals surface area (Å²) in [5, 5.41) is 13.9. The van der Waals surface area contributed by atoms with Gasteiger partial charge in [0.15, 0.2) is 17.3 Å². The fourth-order valence-corrected chi connectivity index (χ4v) is 5.51. The average Bonchev–Trinajstić information content (AvgIpc) is 3.35. The maximum Gasteiger partial charge on any atom is 0.253 e. The lowest BCUT2D eigenvalue weighted by atomic mass is 9.93. The highest BCUT2D eigenvalue weighted by Gasteiger charge is 2.34. The van der Waals surface area contributed by atoms with Crippen LogP contribution in [-0.4, -0.2) is 57.4 Å². The van der Waals surface area contributed by atoms with Crippen LogP contribution in [0.15, 0.2) is 23.0 Å². The summed E-state index contributed by atoms with van der Waals surface area (Å²) in [5.41, 5.74) is 1.26. The van der Waals surface area contributed by atoms with Gasteiger partial charge in [0.1, 0.15) is 6.04 Å². The molecule has 1 N–H and O–H groups in total. The molecule has 0 spiro atoms. The van der Waals surface area contributed by atoms with Crippen molar-refractivity contribution in [1.82, 2.24) is 30.1 Å². The third-order valence-corrected chi connectivity index (χ3v) is 7.54. The van der Waals surface area contributed by atoms with E-state index in [9.17, 15) is 4.79 Å². The minimum Gasteiger partial charge on any atom is -0.493 e. The molecule has 0 unspecified atom stereocenters. The van der Waals surface area contributed by atoms with Crippen LogP contribution in [0.5, 0.6) is 11.5 Å². The number of tetrazole rings is 1. The number of methoxy groups -OCH3 is 2. The summed E-state index contributed by atoms with van der Waals surface area (Å²) in [7, 11) is 3.21. The Morgan fingerprint density at radius 3 is 2.41 bits per heavy atom. The molecule has 1 atom stereocenters. The van der Waals surface area contributed by atoms with E-state index in [0.717, 1.165) is 50.0 Å². The lowest BCUT2D eigenvalue weighted by Gasteiger charge is -2.36. The van der Waals surface area contributed by atoms with Crippen molar-refractivity contribution in [1.29, 1.82) is 0 Å². The molecule has 9 heteroatoms. The maximum absolute atomic E-state index is 13.5. The lowest BCUT2D eigenvalue weighted by molar-refractivity contribution is 0.146. The second-order valence-corrected chi connectivity index (χ2v) is 9.74. The molecule has 1 aliphatic carbocycles. The average molecular weight is 467 g/mol. The molecule has 3 heterocycles. The highest BCUT2D eigenvalue weighted by molar-refractivity contribution is 5.83. The van der Waals surface area contributed by atoms with Crippen molar-refractivity contribution in [3.63, 3.8) is 0 Å². The highest BCUT2D eigenvalue weighted by Crippen LogP contribution is 2.36. The van der Waals surface area contributed by atoms with Crippen LogP contribution < -0.4 is 15.0 Å². The number of rotatable bonds is 6. The van der Waals surface area contributed by atoms with Crippen molar-refractivity contribution in [2.45, 2.75) is 64.0 Å². The minimum atomic E-state index is -0.300. The molecular weight excluding hydrogens is 432 g/mol. The van der Waals surface area contributed by atoms with Crippen LogP contribution in [0.4, 0.5) is 0 Å². The van der Waals surface area contributed by atoms with E-state index >= 15 is 0 Å². The number of hydrogen-bond donors (Lipinski definition) is 1. The van der Waals surface area contributed by atoms with Gasteiger partial charge in [-0.15, -0.1) is 5.10 Å². The quantitative estimate of drug-likeness (QED) is 0.589. The Labute approximate surface area is 199 Å². The van der Waals surface area contributed by atoms with Gasteiger partial charge >= 0.3 is 0 Å². The van der Waals surface area contributed by atoms with E-state index in [0.29, 0.717) is 28.5 Å². The second kappa shape index (κ2) is 9.74. The number of nitrogens with zero attached hydrogens (tertiary/aromatic N) is 5. The highest BCUT2D eigenvalue weighted by atomic mass is 16.5. The molecule has 1 saturated heterocycles. The largest absolute Gasteiger partial charge is 0.493 e. The number of aromatic amines is 1. The molecule has 2 aliphatic rings. The molecule has 1 aliphatic heterocycles. The molecule has 182 valence electrons. The summed E-state index contributed by atoms with van der Waals surface area (Å²) < 4.78 is 12.9. The number of fused-ring (bicyclic) bond motifs is 1. The molecule has 9 nitrogen and oxygen atoms in total. The third kappa shape index (κ3) is 4.29. The normalized spacial score (nSPS) is 19.4. The van der Waals surface area contributed by atoms with E-state index in [1.165, 1.54) is 19.3 Å². The molecule has 0 bridgehead atoms. The summed E-state index contributed by atoms with van der Waals surface area (Å²) >= 11 is 0. The Morgan fingerprint density at radius 1 is 1.00 bits per heavy atom. The molecule has 5 rings (SSSR count). The van der Waals surface area contributed by atoms with E-state index < -0.39 is 0 Å². The molecule has 2 fully saturated rings. The summed E-state index contributed by atoms with van der Waals surface area (Å²) in [4.78, 5) is 18.9. The number of nitrogens with one attached hydrogen (secondary N) is 1. The van der Waals surface area contributed by atoms with E-state index in [4.69, 9.17) is 9.47 Å². The Bertz CT molecular complexity index is 1190. The SMILES string of the molecule is COc1cc2cc([C@@H](c3nnnn3C3CCCCC3)N3CCC(C)CC3)c(=O)[nH]c2cc1OC. The molecule has 0 radical (unpaired) electrons. The zero-order valence-electron chi connectivity index (χ0n) is 20.3. The van der Waals surface area contributed by atoms with Crippen LogP contribution in [0.3, 0.4) is 0 Å². The van der Waals surface area contributed by atoms with Crippen LogP contribution in [0.1, 0.15) is 75.3 Å². The summed E-state index contributed by atoms with van der Waals surface area (Å²) in [5.74, 6) is 2.66. The Balaban J connectivity index is 1.63. The second-order valence-electron chi connectivity index (χ2n) is 9.74. The van der Waals surface area contributed by atoms with Gasteiger partial charge in [-0.1, -0.05) is 26.2 Å². The van der Waals surface area contributed by atoms with Crippen molar-refractivity contribution in [3.05, 3.63) is 39.9 Å². The van der Waals surface area contributed by atoms with E-state index in [-0.39, 0.29) is 17.6 Å². The van der Waals surface area contributed by atoms with Crippen LogP contribution in [0.25, 0.3) is 10.9 Å². The number of aromatic nitrogens is 5. The summed E-state index contributed by atoms with van der Waals surface area (Å²) in [6.07, 6.45) is 7.98. The zero-order chi connectivity index (χ0) is 23.7. The number of piperidine rings is 1. The van der Waals surface area contributed by atoms with Gasteiger partial charge in [-0.3, -0.25) is 9.69 Å². The predicted molar refractivity (Wildman–Crippen MR) is 129 cm³/mol. The zero-order valence-corrected chi connectivity index (χ0v) is 20.3. The topological polar surface area (TPSA) is 98.2 Å². The van der Waals surface area contributed by atoms with Gasteiger partial charge in [-0.25, -0.2) is 4.68 Å². The van der Waals surface area contributed by atoms with Crippen LogP contribution in [-0.2, 0) is 0 Å². The fourth-order valence-electron chi connectivity index (χ4n) is 5.51. The monoisotopic (exact) mass is 466 g/mol. The van der Waals surface area contributed by atoms with Crippen molar-refractivity contribution >= 4 is 10.9 Å². The molecule has 2 aromatic heterocycles. The number of likely N-dealkylation sites (tertiary alicyclic amines) is 1. The number of benzene rings is 1. The van der Waals surface area contributed by atoms with Gasteiger partial charge in [-0.05, 0) is 67.3 Å². The first-order chi connectivity index (χ1) is 16.6. The molecule has 1 aromatic carbocycles. The summed E-state index contributed by atoms with van der Waals surface area (Å²) in [6, 6.07) is 5.67. The standard InChI is InChI=1S/C25H34N6O3/c1-16-9-11-30(12-10-16)23(24-27-28-29-31(24)18-7-5-4-6-8-18)19-13-17-14-21(33-2)22(34-3)15-20(17)26-25(19)32/h13-16,18,23H,4-12H2,1-3H3,(H,26,32)/t23-/m0/s1. The third-order valence-electron chi connectivity index (χ3n) is 7.54. The van der Waals surface area contributed by atoms with Gasteiger partial charge in [0.25, 0.3) is 5.56 Å². The van der Waals surface area contributed by atoms with Gasteiger partial charge in [0, 0.05) is 17.0 Å². The van der Waals surface area contributed by atoms with Gasteiger partial charge in [0.05, 0.1) is 25.8 Å². The minimum absolute atomic E-state index is 0.124. The van der Waals surface area contributed by atoms with Gasteiger partial charge in [-0.2, -0.15) is 0 Å². The number of pyridine rings is 1. The van der Waals surface area contributed by atoms with E-state index in [1.807, 2.05) is 22.9 Å². The molecular formula is C25H34N6O3. The summed E-state index contributed by atoms with van der Waals surface area (Å²) in [6.45, 7) is 4.11. The van der Waals surface area contributed by atoms with E-state index in [2.05, 4.69) is 32.3 Å². The first kappa shape index (κ1) is 22.8. The number of ether oxygens (including phenoxy) is 2. The Morgan fingerprint density at radius 2 is 1.71 bits per heavy atom. The van der Waals surface area contributed by atoms with Crippen LogP contribution in [0, 0.1) is 5.92 Å². The molecule has 3 aromatic rings. The number of H-pyrrole nitrogens is 1. The predicted octanol–water partition coefficient (Wildman–Crippen LogP) is 3.86. The fraction of sp³-hybridized carbons (Fsp3) is 0.600. The van der Waals surface area contributed by atoms with E-state index in [1.54, 1.807) is 14.2 Å². The van der Waals surface area contributed by atoms with Gasteiger partial charge < -0.3 is 14.5 Å². The molecule has 34 heavy (non-hydrogen) atoms.